The van der Waals surface area contributed by atoms with Gasteiger partial charge in [0.1, 0.15) is 0 Å². The van der Waals surface area contributed by atoms with Crippen molar-refractivity contribution >= 4 is 79.6 Å². The minimum absolute atomic E-state index is 0.959. The van der Waals surface area contributed by atoms with E-state index in [1.54, 1.807) is 0 Å². The first-order valence-corrected chi connectivity index (χ1v) is 13.7. The molecule has 0 atom stereocenters. The van der Waals surface area contributed by atoms with Crippen molar-refractivity contribution in [1.82, 2.24) is 0 Å². The Morgan fingerprint density at radius 1 is 0.520 bits per heavy atom. The quantitative estimate of drug-likeness (QED) is 0.112. The maximum absolute atomic E-state index is 3.80. The van der Waals surface area contributed by atoms with Crippen molar-refractivity contribution in [3.63, 3.8) is 0 Å². The molecule has 0 bridgehead atoms. The van der Waals surface area contributed by atoms with E-state index >= 15 is 0 Å². The molecule has 0 aliphatic carbocycles. The Kier molecular flexibility index (Phi) is 14.4. The second kappa shape index (κ2) is 14.6. The van der Waals surface area contributed by atoms with E-state index in [0.29, 0.717) is 0 Å². The molecule has 25 heavy (non-hydrogen) atoms. The third-order valence-corrected chi connectivity index (χ3v) is 9.53. The van der Waals surface area contributed by atoms with E-state index in [4.69, 9.17) is 0 Å². The van der Waals surface area contributed by atoms with Crippen LogP contribution in [-0.4, -0.2) is 5.33 Å². The van der Waals surface area contributed by atoms with Crippen molar-refractivity contribution in [2.45, 2.75) is 84.0 Å². The average Bonchev–Trinajstić information content (AvgIpc) is 2.61. The molecule has 0 fully saturated rings. The molecule has 1 aromatic carbocycles. The van der Waals surface area contributed by atoms with Crippen LogP contribution in [0.5, 0.6) is 0 Å². The molecule has 0 heterocycles. The Morgan fingerprint density at radius 3 is 1.28 bits per heavy atom. The highest BCUT2D eigenvalue weighted by molar-refractivity contribution is 9.14. The lowest BCUT2D eigenvalue weighted by atomic mass is 10.0. The molecular weight excluding hydrogens is 640 g/mol. The average molecular weight is 669 g/mol. The minimum Gasteiger partial charge on any atom is -0.0924 e. The number of hydrogen-bond acceptors (Lipinski definition) is 0. The van der Waals surface area contributed by atoms with Gasteiger partial charge in [0.15, 0.2) is 0 Å². The summed E-state index contributed by atoms with van der Waals surface area (Å²) < 4.78 is 4.78. The monoisotopic (exact) mass is 664 g/mol. The molecule has 0 saturated heterocycles. The fourth-order valence-electron chi connectivity index (χ4n) is 3.05. The van der Waals surface area contributed by atoms with Crippen molar-refractivity contribution in [1.29, 1.82) is 0 Å². The number of rotatable bonds is 13. The van der Waals surface area contributed by atoms with E-state index in [1.165, 1.54) is 93.2 Å². The number of benzene rings is 1. The topological polar surface area (TPSA) is 0 Å². The zero-order valence-electron chi connectivity index (χ0n) is 15.1. The van der Waals surface area contributed by atoms with Crippen molar-refractivity contribution in [3.05, 3.63) is 29.0 Å². The first kappa shape index (κ1) is 24.7. The second-order valence-corrected chi connectivity index (χ2v) is 10.5. The molecule has 1 rings (SSSR count). The third kappa shape index (κ3) is 8.66. The van der Waals surface area contributed by atoms with Gasteiger partial charge in [-0.15, -0.1) is 0 Å². The lowest BCUT2D eigenvalue weighted by Crippen LogP contribution is -1.99. The Hall–Kier alpha value is 1.62. The van der Waals surface area contributed by atoms with Gasteiger partial charge in [-0.05, 0) is 94.1 Å². The minimum atomic E-state index is 0.959. The highest BCUT2D eigenvalue weighted by atomic mass is 79.9. The van der Waals surface area contributed by atoms with Gasteiger partial charge in [-0.25, -0.2) is 0 Å². The molecule has 0 aromatic heterocycles. The van der Waals surface area contributed by atoms with E-state index in [9.17, 15) is 0 Å². The van der Waals surface area contributed by atoms with Crippen LogP contribution in [0.2, 0.25) is 0 Å². The van der Waals surface area contributed by atoms with Crippen LogP contribution in [0.4, 0.5) is 0 Å². The van der Waals surface area contributed by atoms with Crippen LogP contribution in [0, 0.1) is 0 Å². The number of hydrogen-bond donors (Lipinski definition) is 0. The molecule has 0 unspecified atom stereocenters. The van der Waals surface area contributed by atoms with E-state index in [2.05, 4.69) is 86.6 Å². The number of alkyl halides is 1. The number of halogens is 5. The SMILES string of the molecule is CCCCCCCCCCCCc1c(Br)c(Br)c(CCBr)c(Br)c1Br. The van der Waals surface area contributed by atoms with Gasteiger partial charge >= 0.3 is 0 Å². The molecule has 0 radical (unpaired) electrons. The summed E-state index contributed by atoms with van der Waals surface area (Å²) >= 11 is 18.7. The third-order valence-electron chi connectivity index (χ3n) is 4.57. The summed E-state index contributed by atoms with van der Waals surface area (Å²) in [5.74, 6) is 0. The van der Waals surface area contributed by atoms with Crippen LogP contribution in [0.1, 0.15) is 82.3 Å². The van der Waals surface area contributed by atoms with Crippen molar-refractivity contribution in [2.75, 3.05) is 5.33 Å². The van der Waals surface area contributed by atoms with E-state index < -0.39 is 0 Å². The smallest absolute Gasteiger partial charge is 0.0364 e. The highest BCUT2D eigenvalue weighted by Crippen LogP contribution is 2.42. The van der Waals surface area contributed by atoms with Gasteiger partial charge in [-0.3, -0.25) is 0 Å². The summed E-state index contributed by atoms with van der Waals surface area (Å²) in [4.78, 5) is 0. The Morgan fingerprint density at radius 2 is 0.880 bits per heavy atom. The molecule has 144 valence electrons. The molecule has 0 N–H and O–H groups in total. The molecule has 0 nitrogen and oxygen atoms in total. The lowest BCUT2D eigenvalue weighted by molar-refractivity contribution is 0.556. The van der Waals surface area contributed by atoms with Gasteiger partial charge in [0.2, 0.25) is 0 Å². The van der Waals surface area contributed by atoms with Gasteiger partial charge < -0.3 is 0 Å². The molecule has 5 heteroatoms. The molecular formula is C20H29Br5. The Labute approximate surface area is 196 Å². The maximum Gasteiger partial charge on any atom is 0.0364 e. The van der Waals surface area contributed by atoms with E-state index in [1.807, 2.05) is 0 Å². The van der Waals surface area contributed by atoms with Gasteiger partial charge in [0.05, 0.1) is 0 Å². The molecule has 0 amide bonds. The second-order valence-electron chi connectivity index (χ2n) is 6.58. The fourth-order valence-corrected chi connectivity index (χ4v) is 6.52. The van der Waals surface area contributed by atoms with Crippen LogP contribution in [0.3, 0.4) is 0 Å². The van der Waals surface area contributed by atoms with E-state index in [-0.39, 0.29) is 0 Å². The summed E-state index contributed by atoms with van der Waals surface area (Å²) in [6.07, 6.45) is 15.9. The predicted molar refractivity (Wildman–Crippen MR) is 130 cm³/mol. The van der Waals surface area contributed by atoms with Gasteiger partial charge in [-0.1, -0.05) is 80.6 Å². The van der Waals surface area contributed by atoms with Crippen LogP contribution in [0.25, 0.3) is 0 Å². The van der Waals surface area contributed by atoms with Crippen LogP contribution in [0.15, 0.2) is 17.9 Å². The predicted octanol–water partition coefficient (Wildman–Crippen LogP) is 10.1. The molecule has 0 aliphatic rings. The summed E-state index contributed by atoms with van der Waals surface area (Å²) in [5.41, 5.74) is 2.68. The summed E-state index contributed by atoms with van der Waals surface area (Å²) in [7, 11) is 0. The maximum atomic E-state index is 3.80. The first-order chi connectivity index (χ1) is 12.0. The van der Waals surface area contributed by atoms with E-state index in [0.717, 1.165) is 18.2 Å². The van der Waals surface area contributed by atoms with Crippen molar-refractivity contribution in [3.8, 4) is 0 Å². The van der Waals surface area contributed by atoms with Gasteiger partial charge in [0.25, 0.3) is 0 Å². The summed E-state index contributed by atoms with van der Waals surface area (Å²) in [6.45, 7) is 2.28. The van der Waals surface area contributed by atoms with Crippen LogP contribution >= 0.6 is 79.6 Å². The van der Waals surface area contributed by atoms with Gasteiger partial charge in [0, 0.05) is 23.2 Å². The molecule has 0 saturated carbocycles. The Bertz CT molecular complexity index is 484. The number of unbranched alkanes of at least 4 members (excludes halogenated alkanes) is 9. The van der Waals surface area contributed by atoms with Crippen molar-refractivity contribution in [2.24, 2.45) is 0 Å². The van der Waals surface area contributed by atoms with Crippen LogP contribution < -0.4 is 0 Å². The molecule has 0 spiro atoms. The van der Waals surface area contributed by atoms with Crippen molar-refractivity contribution < 1.29 is 0 Å². The molecule has 0 aliphatic heterocycles. The van der Waals surface area contributed by atoms with Crippen LogP contribution in [-0.2, 0) is 12.8 Å². The first-order valence-electron chi connectivity index (χ1n) is 9.44. The Balaban J connectivity index is 2.38. The fraction of sp³-hybridized carbons (Fsp3) is 0.700. The normalized spacial score (nSPS) is 11.3. The zero-order chi connectivity index (χ0) is 18.7. The zero-order valence-corrected chi connectivity index (χ0v) is 23.0. The van der Waals surface area contributed by atoms with Gasteiger partial charge in [-0.2, -0.15) is 0 Å². The lowest BCUT2D eigenvalue weighted by Gasteiger charge is -2.16. The summed E-state index contributed by atoms with van der Waals surface area (Å²) in [6, 6.07) is 0. The summed E-state index contributed by atoms with van der Waals surface area (Å²) in [5, 5.41) is 0.959. The molecule has 1 aromatic rings. The standard InChI is InChI=1S/C20H29Br5/c1-2-3-4-5-6-7-8-9-10-11-12-15-17(22)19(24)16(13-14-21)20(25)18(15)23/h2-14H2,1H3. The highest BCUT2D eigenvalue weighted by Gasteiger charge is 2.18. The largest absolute Gasteiger partial charge is 0.0924 e.